The van der Waals surface area contributed by atoms with E-state index in [-0.39, 0.29) is 58.9 Å². The van der Waals surface area contributed by atoms with Gasteiger partial charge in [0.15, 0.2) is 8.32 Å². The number of ether oxygens (including phenoxy) is 2. The molecule has 7 atom stereocenters. The smallest absolute Gasteiger partial charge is 0.411 e. The molecular formula is C38H55N5O6Si. The van der Waals surface area contributed by atoms with E-state index in [2.05, 4.69) is 86.9 Å². The molecule has 1 aromatic carbocycles. The average molecular weight is 706 g/mol. The zero-order chi connectivity index (χ0) is 36.2. The minimum absolute atomic E-state index is 0.0582. The number of hydrogen-bond acceptors (Lipinski definition) is 8. The van der Waals surface area contributed by atoms with Crippen LogP contribution in [0.5, 0.6) is 0 Å². The van der Waals surface area contributed by atoms with Gasteiger partial charge in [-0.15, -0.1) is 5.10 Å². The van der Waals surface area contributed by atoms with Gasteiger partial charge in [0.2, 0.25) is 5.91 Å². The predicted molar refractivity (Wildman–Crippen MR) is 196 cm³/mol. The van der Waals surface area contributed by atoms with Gasteiger partial charge >= 0.3 is 12.1 Å². The maximum absolute atomic E-state index is 13.3. The summed E-state index contributed by atoms with van der Waals surface area (Å²) in [5.41, 5.74) is 3.36. The molecule has 2 aliphatic carbocycles. The summed E-state index contributed by atoms with van der Waals surface area (Å²) < 4.78 is 20.4. The second kappa shape index (κ2) is 15.6. The largest absolute Gasteiger partial charge is 0.462 e. The highest BCUT2D eigenvalue weighted by Gasteiger charge is 2.44. The fourth-order valence-corrected chi connectivity index (χ4v) is 8.56. The van der Waals surface area contributed by atoms with Gasteiger partial charge in [-0.05, 0) is 72.9 Å². The number of allylic oxidation sites excluding steroid dienone is 3. The fraction of sp³-hybridized carbons (Fsp3) is 0.605. The third kappa shape index (κ3) is 9.31. The van der Waals surface area contributed by atoms with E-state index < -0.39 is 14.4 Å². The van der Waals surface area contributed by atoms with Crippen LogP contribution in [0.15, 0.2) is 54.3 Å². The van der Waals surface area contributed by atoms with Gasteiger partial charge in [0, 0.05) is 37.1 Å². The molecule has 1 aromatic heterocycles. The van der Waals surface area contributed by atoms with E-state index in [4.69, 9.17) is 13.9 Å². The Morgan fingerprint density at radius 3 is 2.54 bits per heavy atom. The lowest BCUT2D eigenvalue weighted by Crippen LogP contribution is -2.47. The number of nitrogens with one attached hydrogen (secondary N) is 2. The van der Waals surface area contributed by atoms with Crippen LogP contribution in [0.4, 0.5) is 10.5 Å². The van der Waals surface area contributed by atoms with Crippen molar-refractivity contribution in [2.45, 2.75) is 116 Å². The maximum atomic E-state index is 13.3. The van der Waals surface area contributed by atoms with Gasteiger partial charge in [-0.2, -0.15) is 0 Å². The Balaban J connectivity index is 1.20. The Morgan fingerprint density at radius 1 is 1.10 bits per heavy atom. The maximum Gasteiger partial charge on any atom is 0.411 e. The van der Waals surface area contributed by atoms with Crippen molar-refractivity contribution in [3.8, 4) is 11.3 Å². The second-order valence-corrected chi connectivity index (χ2v) is 20.6. The van der Waals surface area contributed by atoms with Crippen LogP contribution in [0.2, 0.25) is 18.1 Å². The highest BCUT2D eigenvalue weighted by Crippen LogP contribution is 2.46. The van der Waals surface area contributed by atoms with Gasteiger partial charge in [-0.3, -0.25) is 19.6 Å². The summed E-state index contributed by atoms with van der Waals surface area (Å²) in [6.45, 7) is 15.9. The van der Waals surface area contributed by atoms with Crippen molar-refractivity contribution in [1.82, 2.24) is 20.3 Å². The molecule has 0 unspecified atom stereocenters. The van der Waals surface area contributed by atoms with Crippen LogP contribution in [-0.4, -0.2) is 66.6 Å². The van der Waals surface area contributed by atoms with Gasteiger partial charge < -0.3 is 19.2 Å². The molecule has 272 valence electrons. The van der Waals surface area contributed by atoms with Gasteiger partial charge in [0.25, 0.3) is 0 Å². The highest BCUT2D eigenvalue weighted by molar-refractivity contribution is 6.74. The number of anilines is 1. The first-order valence-electron chi connectivity index (χ1n) is 18.1. The summed E-state index contributed by atoms with van der Waals surface area (Å²) in [5, 5.41) is 13.9. The van der Waals surface area contributed by atoms with Crippen molar-refractivity contribution in [2.75, 3.05) is 12.4 Å². The number of cyclic esters (lactones) is 1. The molecule has 11 nitrogen and oxygen atoms in total. The Kier molecular flexibility index (Phi) is 11.7. The van der Waals surface area contributed by atoms with Gasteiger partial charge in [0.1, 0.15) is 17.9 Å². The summed E-state index contributed by atoms with van der Waals surface area (Å²) in [6.07, 6.45) is 11.2. The summed E-state index contributed by atoms with van der Waals surface area (Å²) in [6, 6.07) is 7.37. The molecule has 50 heavy (non-hydrogen) atoms. The van der Waals surface area contributed by atoms with E-state index in [1.54, 1.807) is 17.9 Å². The second-order valence-electron chi connectivity index (χ2n) is 15.9. The molecule has 1 aliphatic heterocycles. The van der Waals surface area contributed by atoms with E-state index in [1.807, 2.05) is 24.3 Å². The Bertz CT molecular complexity index is 1580. The monoisotopic (exact) mass is 705 g/mol. The quantitative estimate of drug-likeness (QED) is 0.184. The molecule has 2 aromatic rings. The first-order valence-corrected chi connectivity index (χ1v) is 21.0. The fourth-order valence-electron chi connectivity index (χ4n) is 7.19. The molecule has 2 heterocycles. The van der Waals surface area contributed by atoms with Crippen LogP contribution in [0.1, 0.15) is 73.1 Å². The van der Waals surface area contributed by atoms with Gasteiger partial charge in [-0.1, -0.05) is 70.2 Å². The number of aryl methyl sites for hydroxylation is 1. The molecule has 1 saturated heterocycles. The summed E-state index contributed by atoms with van der Waals surface area (Å²) in [5.74, 6) is 0.618. The third-order valence-corrected chi connectivity index (χ3v) is 15.5. The molecule has 0 spiro atoms. The number of nitrogens with zero attached hydrogens (tertiary/aromatic N) is 3. The third-order valence-electron chi connectivity index (χ3n) is 11.0. The SMILES string of the molecule is CNC(=O)CCn1cc(-c2ccc(NC(=O)O[C@H]3C[C@@H](C)C=C4C=C[C@H](C)[C@H](CC[C@@H]5C[C@@H](O[Si](C)(C)C(C)(C)C)CC(=O)O5)[C@H]43)cc2)nn1. The lowest BCUT2D eigenvalue weighted by atomic mass is 9.65. The number of rotatable bonds is 11. The topological polar surface area (TPSA) is 134 Å². The van der Waals surface area contributed by atoms with E-state index in [0.717, 1.165) is 31.2 Å². The zero-order valence-corrected chi connectivity index (χ0v) is 31.9. The van der Waals surface area contributed by atoms with Gasteiger partial charge in [-0.25, -0.2) is 4.79 Å². The number of benzene rings is 1. The van der Waals surface area contributed by atoms with Crippen molar-refractivity contribution in [1.29, 1.82) is 0 Å². The first kappa shape index (κ1) is 37.5. The standard InChI is InChI=1S/C38H55N5O6Si/c1-24-19-27-10-9-25(2)31(16-15-29-21-30(22-35(45)47-29)49-50(7,8)38(3,4)5)36(27)33(20-24)48-37(46)40-28-13-11-26(12-14-28)32-23-43(42-41-32)18-17-34(44)39-6/h9-14,19,23-25,29-31,33,36H,15-18,20-22H2,1-8H3,(H,39,44)(H,40,46)/t24-,25-,29+,30+,31-,33-,36-/m0/s1. The van der Waals surface area contributed by atoms with Crippen LogP contribution in [0.3, 0.4) is 0 Å². The summed E-state index contributed by atoms with van der Waals surface area (Å²) in [7, 11) is -0.415. The van der Waals surface area contributed by atoms with Crippen molar-refractivity contribution >= 4 is 32.0 Å². The number of esters is 1. The van der Waals surface area contributed by atoms with Crippen LogP contribution in [0.25, 0.3) is 11.3 Å². The van der Waals surface area contributed by atoms with Crippen molar-refractivity contribution in [3.05, 3.63) is 54.3 Å². The number of carbonyl (C=O) groups is 3. The number of carbonyl (C=O) groups excluding carboxylic acids is 3. The van der Waals surface area contributed by atoms with E-state index in [0.29, 0.717) is 30.8 Å². The first-order chi connectivity index (χ1) is 23.6. The van der Waals surface area contributed by atoms with E-state index >= 15 is 0 Å². The predicted octanol–water partition coefficient (Wildman–Crippen LogP) is 7.28. The van der Waals surface area contributed by atoms with Crippen LogP contribution in [-0.2, 0) is 30.0 Å². The van der Waals surface area contributed by atoms with Crippen LogP contribution >= 0.6 is 0 Å². The Hall–Kier alpha value is -3.77. The molecular weight excluding hydrogens is 651 g/mol. The molecule has 5 rings (SSSR count). The molecule has 0 bridgehead atoms. The molecule has 3 aliphatic rings. The minimum atomic E-state index is -2.02. The Labute approximate surface area is 297 Å². The van der Waals surface area contributed by atoms with E-state index in [9.17, 15) is 14.4 Å². The number of fused-ring (bicyclic) bond motifs is 1. The van der Waals surface area contributed by atoms with Crippen LogP contribution < -0.4 is 10.6 Å². The highest BCUT2D eigenvalue weighted by atomic mass is 28.4. The number of hydrogen-bond donors (Lipinski definition) is 2. The molecule has 0 saturated carbocycles. The van der Waals surface area contributed by atoms with Crippen molar-refractivity contribution in [2.24, 2.45) is 23.7 Å². The lowest BCUT2D eigenvalue weighted by molar-refractivity contribution is -0.160. The summed E-state index contributed by atoms with van der Waals surface area (Å²) >= 11 is 0. The zero-order valence-electron chi connectivity index (χ0n) is 30.9. The van der Waals surface area contributed by atoms with Crippen LogP contribution in [0, 0.1) is 23.7 Å². The van der Waals surface area contributed by atoms with E-state index in [1.165, 1.54) is 5.57 Å². The van der Waals surface area contributed by atoms with Crippen molar-refractivity contribution < 1.29 is 28.3 Å². The molecule has 2 N–H and O–H groups in total. The Morgan fingerprint density at radius 2 is 1.84 bits per heavy atom. The number of amides is 2. The average Bonchev–Trinajstić information content (AvgIpc) is 3.51. The minimum Gasteiger partial charge on any atom is -0.462 e. The number of aromatic nitrogens is 3. The molecule has 0 radical (unpaired) electrons. The normalized spacial score (nSPS) is 26.8. The lowest BCUT2D eigenvalue weighted by Gasteiger charge is -2.44. The summed E-state index contributed by atoms with van der Waals surface area (Å²) in [4.78, 5) is 37.6. The molecule has 12 heteroatoms. The molecule has 2 amide bonds. The van der Waals surface area contributed by atoms with Crippen molar-refractivity contribution in [3.63, 3.8) is 0 Å². The van der Waals surface area contributed by atoms with Gasteiger partial charge in [0.05, 0.1) is 25.3 Å². The molecule has 1 fully saturated rings.